The van der Waals surface area contributed by atoms with E-state index >= 15 is 0 Å². The molecule has 1 aliphatic heterocycles. The van der Waals surface area contributed by atoms with Gasteiger partial charge in [-0.05, 0) is 67.6 Å². The van der Waals surface area contributed by atoms with Crippen LogP contribution in [0.3, 0.4) is 0 Å². The van der Waals surface area contributed by atoms with E-state index in [2.05, 4.69) is 46.7 Å². The van der Waals surface area contributed by atoms with Crippen LogP contribution in [0.5, 0.6) is 0 Å². The first-order valence-corrected chi connectivity index (χ1v) is 11.8. The van der Waals surface area contributed by atoms with Gasteiger partial charge in [-0.15, -0.1) is 0 Å². The van der Waals surface area contributed by atoms with Crippen molar-refractivity contribution in [3.63, 3.8) is 0 Å². The first-order valence-electron chi connectivity index (χ1n) is 11.8. The van der Waals surface area contributed by atoms with Crippen molar-refractivity contribution in [2.75, 3.05) is 18.0 Å². The van der Waals surface area contributed by atoms with Crippen LogP contribution in [-0.4, -0.2) is 24.9 Å². The fraction of sp³-hybridized carbons (Fsp3) is 0.286. The number of nitrogens with zero attached hydrogens (tertiary/aromatic N) is 1. The third-order valence-corrected chi connectivity index (χ3v) is 6.25. The minimum absolute atomic E-state index is 0.120. The number of amides is 2. The van der Waals surface area contributed by atoms with E-state index in [4.69, 9.17) is 4.42 Å². The molecule has 0 radical (unpaired) electrons. The zero-order valence-corrected chi connectivity index (χ0v) is 19.7. The molecule has 34 heavy (non-hydrogen) atoms. The van der Waals surface area contributed by atoms with E-state index in [-0.39, 0.29) is 23.6 Å². The Balaban J connectivity index is 1.44. The normalized spacial score (nSPS) is 15.6. The number of anilines is 1. The van der Waals surface area contributed by atoms with Crippen molar-refractivity contribution < 1.29 is 14.0 Å². The monoisotopic (exact) mass is 457 g/mol. The number of benzene rings is 2. The number of rotatable bonds is 7. The van der Waals surface area contributed by atoms with E-state index in [9.17, 15) is 9.59 Å². The number of hydrogen-bond donors (Lipinski definition) is 2. The summed E-state index contributed by atoms with van der Waals surface area (Å²) in [5, 5.41) is 5.72. The Morgan fingerprint density at radius 3 is 2.35 bits per heavy atom. The fourth-order valence-corrected chi connectivity index (χ4v) is 4.06. The average Bonchev–Trinajstić information content (AvgIpc) is 3.38. The Labute approximate surface area is 200 Å². The van der Waals surface area contributed by atoms with E-state index in [0.717, 1.165) is 24.6 Å². The van der Waals surface area contributed by atoms with Gasteiger partial charge in [0, 0.05) is 30.4 Å². The third-order valence-electron chi connectivity index (χ3n) is 6.25. The Bertz CT molecular complexity index is 1110. The van der Waals surface area contributed by atoms with Gasteiger partial charge >= 0.3 is 0 Å². The summed E-state index contributed by atoms with van der Waals surface area (Å²) in [7, 11) is 0. The fourth-order valence-electron chi connectivity index (χ4n) is 4.06. The predicted molar refractivity (Wildman–Crippen MR) is 134 cm³/mol. The summed E-state index contributed by atoms with van der Waals surface area (Å²) < 4.78 is 5.36. The van der Waals surface area contributed by atoms with Crippen LogP contribution in [-0.2, 0) is 4.79 Å². The number of piperidine rings is 1. The lowest BCUT2D eigenvalue weighted by atomic mass is 9.98. The zero-order valence-electron chi connectivity index (χ0n) is 19.7. The van der Waals surface area contributed by atoms with Gasteiger partial charge < -0.3 is 20.0 Å². The second-order valence-corrected chi connectivity index (χ2v) is 8.85. The Hall–Kier alpha value is -3.80. The molecular weight excluding hydrogens is 426 g/mol. The third kappa shape index (κ3) is 5.95. The zero-order chi connectivity index (χ0) is 23.9. The highest BCUT2D eigenvalue weighted by atomic mass is 16.3. The van der Waals surface area contributed by atoms with Crippen LogP contribution in [0.25, 0.3) is 6.08 Å². The Kier molecular flexibility index (Phi) is 7.48. The maximum atomic E-state index is 13.1. The minimum Gasteiger partial charge on any atom is -0.465 e. The van der Waals surface area contributed by atoms with Crippen LogP contribution in [0.15, 0.2) is 83.1 Å². The first-order chi connectivity index (χ1) is 16.5. The molecule has 6 heteroatoms. The van der Waals surface area contributed by atoms with E-state index in [1.165, 1.54) is 30.9 Å². The maximum Gasteiger partial charge on any atom is 0.268 e. The van der Waals surface area contributed by atoms with Crippen molar-refractivity contribution in [1.82, 2.24) is 10.6 Å². The van der Waals surface area contributed by atoms with E-state index in [1.54, 1.807) is 36.4 Å². The number of carbonyl (C=O) groups is 2. The SMILES string of the molecule is CC1CCN(c2ccc([C@H](C)NC(=O)/C(=C/c3ccco3)NC(=O)c3ccccc3)cc2)CC1. The lowest BCUT2D eigenvalue weighted by Gasteiger charge is -2.32. The van der Waals surface area contributed by atoms with Crippen molar-refractivity contribution >= 4 is 23.6 Å². The molecular formula is C28H31N3O3. The van der Waals surface area contributed by atoms with Gasteiger partial charge in [0.15, 0.2) is 0 Å². The number of furan rings is 1. The van der Waals surface area contributed by atoms with Crippen molar-refractivity contribution in [2.24, 2.45) is 5.92 Å². The van der Waals surface area contributed by atoms with Crippen LogP contribution in [0.4, 0.5) is 5.69 Å². The van der Waals surface area contributed by atoms with Gasteiger partial charge in [0.05, 0.1) is 12.3 Å². The second kappa shape index (κ2) is 10.9. The summed E-state index contributed by atoms with van der Waals surface area (Å²) >= 11 is 0. The summed E-state index contributed by atoms with van der Waals surface area (Å²) in [6, 6.07) is 20.3. The number of hydrogen-bond acceptors (Lipinski definition) is 4. The largest absolute Gasteiger partial charge is 0.465 e. The predicted octanol–water partition coefficient (Wildman–Crippen LogP) is 5.16. The molecule has 4 rings (SSSR count). The van der Waals surface area contributed by atoms with Crippen molar-refractivity contribution in [3.8, 4) is 0 Å². The van der Waals surface area contributed by atoms with E-state index in [0.29, 0.717) is 11.3 Å². The van der Waals surface area contributed by atoms with Gasteiger partial charge in [-0.1, -0.05) is 37.3 Å². The van der Waals surface area contributed by atoms with Crippen LogP contribution < -0.4 is 15.5 Å². The quantitative estimate of drug-likeness (QED) is 0.481. The molecule has 0 saturated carbocycles. The number of carbonyl (C=O) groups excluding carboxylic acids is 2. The maximum absolute atomic E-state index is 13.1. The molecule has 2 N–H and O–H groups in total. The summed E-state index contributed by atoms with van der Waals surface area (Å²) in [6.07, 6.45) is 5.48. The van der Waals surface area contributed by atoms with E-state index in [1.807, 2.05) is 13.0 Å². The van der Waals surface area contributed by atoms with Crippen LogP contribution in [0.1, 0.15) is 54.4 Å². The van der Waals surface area contributed by atoms with Crippen LogP contribution in [0, 0.1) is 5.92 Å². The number of nitrogens with one attached hydrogen (secondary N) is 2. The van der Waals surface area contributed by atoms with Crippen molar-refractivity contribution in [1.29, 1.82) is 0 Å². The summed E-state index contributed by atoms with van der Waals surface area (Å²) in [4.78, 5) is 28.2. The van der Waals surface area contributed by atoms with Gasteiger partial charge in [-0.3, -0.25) is 9.59 Å². The molecule has 2 aromatic carbocycles. The first kappa shape index (κ1) is 23.4. The molecule has 0 unspecified atom stereocenters. The molecule has 0 bridgehead atoms. The van der Waals surface area contributed by atoms with Crippen molar-refractivity contribution in [3.05, 3.63) is 95.6 Å². The molecule has 3 aromatic rings. The van der Waals surface area contributed by atoms with Crippen molar-refractivity contribution in [2.45, 2.75) is 32.7 Å². The molecule has 1 fully saturated rings. The lowest BCUT2D eigenvalue weighted by Crippen LogP contribution is -2.36. The summed E-state index contributed by atoms with van der Waals surface area (Å²) in [6.45, 7) is 6.39. The lowest BCUT2D eigenvalue weighted by molar-refractivity contribution is -0.118. The molecule has 0 aliphatic carbocycles. The Morgan fingerprint density at radius 1 is 1.00 bits per heavy atom. The molecule has 1 atom stereocenters. The van der Waals surface area contributed by atoms with Crippen LogP contribution in [0.2, 0.25) is 0 Å². The van der Waals surface area contributed by atoms with E-state index < -0.39 is 0 Å². The molecule has 0 spiro atoms. The van der Waals surface area contributed by atoms with Gasteiger partial charge in [-0.25, -0.2) is 0 Å². The minimum atomic E-state index is -0.387. The van der Waals surface area contributed by atoms with Gasteiger partial charge in [0.1, 0.15) is 11.5 Å². The van der Waals surface area contributed by atoms with Crippen LogP contribution >= 0.6 is 0 Å². The molecule has 2 amide bonds. The summed E-state index contributed by atoms with van der Waals surface area (Å²) in [5.41, 5.74) is 2.79. The molecule has 1 aromatic heterocycles. The molecule has 1 aliphatic rings. The summed E-state index contributed by atoms with van der Waals surface area (Å²) in [5.74, 6) is 0.520. The highest BCUT2D eigenvalue weighted by molar-refractivity contribution is 6.05. The molecule has 1 saturated heterocycles. The highest BCUT2D eigenvalue weighted by Crippen LogP contribution is 2.24. The highest BCUT2D eigenvalue weighted by Gasteiger charge is 2.19. The van der Waals surface area contributed by atoms with Gasteiger partial charge in [0.25, 0.3) is 11.8 Å². The molecule has 2 heterocycles. The second-order valence-electron chi connectivity index (χ2n) is 8.85. The van der Waals surface area contributed by atoms with Gasteiger partial charge in [0.2, 0.25) is 0 Å². The molecule has 176 valence electrons. The topological polar surface area (TPSA) is 74.6 Å². The molecule has 6 nitrogen and oxygen atoms in total. The smallest absolute Gasteiger partial charge is 0.268 e. The standard InChI is InChI=1S/C28H31N3O3/c1-20-14-16-31(17-15-20)24-12-10-22(11-13-24)21(2)29-28(33)26(19-25-9-6-18-34-25)30-27(32)23-7-4-3-5-8-23/h3-13,18-21H,14-17H2,1-2H3,(H,29,33)(H,30,32)/b26-19-/t21-/m0/s1. The van der Waals surface area contributed by atoms with Gasteiger partial charge in [-0.2, -0.15) is 0 Å². The Morgan fingerprint density at radius 2 is 1.71 bits per heavy atom. The average molecular weight is 458 g/mol.